The van der Waals surface area contributed by atoms with Gasteiger partial charge in [-0.1, -0.05) is 24.6 Å². The van der Waals surface area contributed by atoms with Gasteiger partial charge in [-0.05, 0) is 71.1 Å². The van der Waals surface area contributed by atoms with Crippen molar-refractivity contribution >= 4 is 38.9 Å². The number of halogens is 2. The first kappa shape index (κ1) is 18.2. The number of carbonyl (C=O) groups is 1. The second kappa shape index (κ2) is 7.71. The van der Waals surface area contributed by atoms with Crippen molar-refractivity contribution in [1.82, 2.24) is 4.98 Å². The maximum Gasteiger partial charge on any atom is 0.170 e. The Morgan fingerprint density at radius 1 is 1.44 bits per heavy atom. The van der Waals surface area contributed by atoms with Crippen LogP contribution < -0.4 is 4.74 Å². The first-order chi connectivity index (χ1) is 12.0. The van der Waals surface area contributed by atoms with Gasteiger partial charge in [0, 0.05) is 22.4 Å². The summed E-state index contributed by atoms with van der Waals surface area (Å²) in [5, 5.41) is 0.659. The number of ketones is 1. The van der Waals surface area contributed by atoms with Gasteiger partial charge >= 0.3 is 0 Å². The number of benzene rings is 1. The Labute approximate surface area is 161 Å². The minimum Gasteiger partial charge on any atom is -0.493 e. The highest BCUT2D eigenvalue weighted by Gasteiger charge is 2.29. The van der Waals surface area contributed by atoms with Gasteiger partial charge in [-0.3, -0.25) is 4.79 Å². The van der Waals surface area contributed by atoms with E-state index < -0.39 is 0 Å². The van der Waals surface area contributed by atoms with Gasteiger partial charge in [-0.2, -0.15) is 0 Å². The van der Waals surface area contributed by atoms with E-state index in [0.29, 0.717) is 23.6 Å². The lowest BCUT2D eigenvalue weighted by Gasteiger charge is -2.25. The molecule has 1 aromatic heterocycles. The molecular weight excluding hydrogens is 402 g/mol. The van der Waals surface area contributed by atoms with E-state index in [1.807, 2.05) is 31.2 Å². The summed E-state index contributed by atoms with van der Waals surface area (Å²) in [6.07, 6.45) is 5.11. The van der Waals surface area contributed by atoms with Gasteiger partial charge in [0.25, 0.3) is 0 Å². The molecule has 0 fully saturated rings. The molecule has 2 aromatic rings. The van der Waals surface area contributed by atoms with E-state index in [-0.39, 0.29) is 11.7 Å². The summed E-state index contributed by atoms with van der Waals surface area (Å²) < 4.78 is 6.57. The summed E-state index contributed by atoms with van der Waals surface area (Å²) in [4.78, 5) is 17.5. The lowest BCUT2D eigenvalue weighted by Crippen LogP contribution is -2.29. The van der Waals surface area contributed by atoms with E-state index in [2.05, 4.69) is 27.8 Å². The van der Waals surface area contributed by atoms with Gasteiger partial charge in [-0.15, -0.1) is 0 Å². The molecule has 0 radical (unpaired) electrons. The molecule has 0 aliphatic carbocycles. The first-order valence-corrected chi connectivity index (χ1v) is 9.47. The van der Waals surface area contributed by atoms with Crippen molar-refractivity contribution in [3.8, 4) is 5.75 Å². The van der Waals surface area contributed by atoms with Crippen molar-refractivity contribution in [2.45, 2.75) is 26.7 Å². The molecule has 130 valence electrons. The van der Waals surface area contributed by atoms with Crippen LogP contribution in [0.15, 0.2) is 41.1 Å². The zero-order chi connectivity index (χ0) is 18.0. The SMILES string of the molecule is C/C=C(/C(=O)C1COc2ccc(Cl)cc2C1)c1cnc(Br)cc1CC. The van der Waals surface area contributed by atoms with E-state index >= 15 is 0 Å². The van der Waals surface area contributed by atoms with Crippen LogP contribution in [0.2, 0.25) is 5.02 Å². The number of pyridine rings is 1. The number of allylic oxidation sites excluding steroid dienone is 2. The third-order valence-electron chi connectivity index (χ3n) is 4.48. The summed E-state index contributed by atoms with van der Waals surface area (Å²) in [5.74, 6) is 0.688. The zero-order valence-corrected chi connectivity index (χ0v) is 16.5. The molecule has 3 nitrogen and oxygen atoms in total. The van der Waals surface area contributed by atoms with Crippen molar-refractivity contribution in [3.63, 3.8) is 0 Å². The van der Waals surface area contributed by atoms with Crippen LogP contribution in [-0.2, 0) is 17.6 Å². The maximum atomic E-state index is 13.2. The van der Waals surface area contributed by atoms with Crippen LogP contribution >= 0.6 is 27.5 Å². The predicted octanol–water partition coefficient (Wildman–Crippen LogP) is 5.28. The highest BCUT2D eigenvalue weighted by Crippen LogP contribution is 2.33. The number of aromatic nitrogens is 1. The van der Waals surface area contributed by atoms with Gasteiger partial charge < -0.3 is 4.74 Å². The first-order valence-electron chi connectivity index (χ1n) is 8.30. The molecule has 1 unspecified atom stereocenters. The van der Waals surface area contributed by atoms with Crippen LogP contribution in [0.1, 0.15) is 30.5 Å². The van der Waals surface area contributed by atoms with E-state index in [0.717, 1.165) is 33.5 Å². The lowest BCUT2D eigenvalue weighted by molar-refractivity contribution is -0.118. The number of nitrogens with zero attached hydrogens (tertiary/aromatic N) is 1. The molecule has 0 spiro atoms. The Balaban J connectivity index is 1.89. The fourth-order valence-corrected chi connectivity index (χ4v) is 3.76. The highest BCUT2D eigenvalue weighted by atomic mass is 79.9. The average molecular weight is 421 g/mol. The Morgan fingerprint density at radius 3 is 2.96 bits per heavy atom. The van der Waals surface area contributed by atoms with E-state index in [4.69, 9.17) is 16.3 Å². The standard InChI is InChI=1S/C20H19BrClNO2/c1-3-12-9-19(21)23-10-17(12)16(4-2)20(24)14-7-13-8-15(22)5-6-18(13)25-11-14/h4-6,8-10,14H,3,7,11H2,1-2H3/b16-4+. The van der Waals surface area contributed by atoms with Crippen molar-refractivity contribution in [2.75, 3.05) is 6.61 Å². The monoisotopic (exact) mass is 419 g/mol. The van der Waals surface area contributed by atoms with Crippen molar-refractivity contribution in [2.24, 2.45) is 5.92 Å². The van der Waals surface area contributed by atoms with Crippen LogP contribution in [0, 0.1) is 5.92 Å². The predicted molar refractivity (Wildman–Crippen MR) is 104 cm³/mol. The minimum atomic E-state index is -0.217. The molecule has 1 aliphatic rings. The fraction of sp³-hybridized carbons (Fsp3) is 0.300. The van der Waals surface area contributed by atoms with Crippen molar-refractivity contribution in [3.05, 3.63) is 62.9 Å². The topological polar surface area (TPSA) is 39.2 Å². The van der Waals surface area contributed by atoms with Crippen molar-refractivity contribution in [1.29, 1.82) is 0 Å². The number of ether oxygens (including phenoxy) is 1. The van der Waals surface area contributed by atoms with Crippen LogP contribution in [-0.4, -0.2) is 17.4 Å². The van der Waals surface area contributed by atoms with E-state index in [1.54, 1.807) is 12.3 Å². The number of carbonyl (C=O) groups excluding carboxylic acids is 1. The zero-order valence-electron chi connectivity index (χ0n) is 14.2. The van der Waals surface area contributed by atoms with Gasteiger partial charge in [0.2, 0.25) is 0 Å². The molecule has 0 N–H and O–H groups in total. The van der Waals surface area contributed by atoms with E-state index in [9.17, 15) is 4.79 Å². The molecule has 0 saturated carbocycles. The summed E-state index contributed by atoms with van der Waals surface area (Å²) in [6, 6.07) is 7.52. The lowest BCUT2D eigenvalue weighted by atomic mass is 9.86. The molecule has 2 heterocycles. The van der Waals surface area contributed by atoms with Crippen LogP contribution in [0.5, 0.6) is 5.75 Å². The largest absolute Gasteiger partial charge is 0.493 e. The van der Waals surface area contributed by atoms with Crippen LogP contribution in [0.4, 0.5) is 0 Å². The molecule has 1 atom stereocenters. The second-order valence-electron chi connectivity index (χ2n) is 6.05. The smallest absolute Gasteiger partial charge is 0.170 e. The maximum absolute atomic E-state index is 13.2. The minimum absolute atomic E-state index is 0.0898. The van der Waals surface area contributed by atoms with Gasteiger partial charge in [0.05, 0.1) is 12.5 Å². The molecular formula is C20H19BrClNO2. The molecule has 5 heteroatoms. The van der Waals surface area contributed by atoms with Crippen molar-refractivity contribution < 1.29 is 9.53 Å². The number of fused-ring (bicyclic) bond motifs is 1. The van der Waals surface area contributed by atoms with Gasteiger partial charge in [0.15, 0.2) is 5.78 Å². The molecule has 25 heavy (non-hydrogen) atoms. The van der Waals surface area contributed by atoms with Gasteiger partial charge in [-0.25, -0.2) is 4.98 Å². The molecule has 3 rings (SSSR count). The molecule has 1 aromatic carbocycles. The number of Topliss-reactive ketones (excluding diaryl/α,β-unsaturated/α-hetero) is 1. The molecule has 0 saturated heterocycles. The van der Waals surface area contributed by atoms with Crippen LogP contribution in [0.3, 0.4) is 0 Å². The Hall–Kier alpha value is -1.65. The number of hydrogen-bond donors (Lipinski definition) is 0. The Bertz CT molecular complexity index is 848. The van der Waals surface area contributed by atoms with E-state index in [1.165, 1.54) is 0 Å². The average Bonchev–Trinajstić information content (AvgIpc) is 2.62. The van der Waals surface area contributed by atoms with Crippen LogP contribution in [0.25, 0.3) is 5.57 Å². The highest BCUT2D eigenvalue weighted by molar-refractivity contribution is 9.10. The third kappa shape index (κ3) is 3.80. The molecule has 0 bridgehead atoms. The Kier molecular flexibility index (Phi) is 5.60. The number of hydrogen-bond acceptors (Lipinski definition) is 3. The summed E-state index contributed by atoms with van der Waals surface area (Å²) in [7, 11) is 0. The summed E-state index contributed by atoms with van der Waals surface area (Å²) in [5.41, 5.74) is 3.69. The normalized spacial score (nSPS) is 17.0. The quantitative estimate of drug-likeness (QED) is 0.499. The summed E-state index contributed by atoms with van der Waals surface area (Å²) >= 11 is 9.48. The van der Waals surface area contributed by atoms with Gasteiger partial charge in [0.1, 0.15) is 10.4 Å². The number of rotatable bonds is 4. The number of aryl methyl sites for hydroxylation is 1. The Morgan fingerprint density at radius 2 is 2.24 bits per heavy atom. The molecule has 0 amide bonds. The second-order valence-corrected chi connectivity index (χ2v) is 7.30. The third-order valence-corrected chi connectivity index (χ3v) is 5.15. The summed E-state index contributed by atoms with van der Waals surface area (Å²) in [6.45, 7) is 4.35. The fourth-order valence-electron chi connectivity index (χ4n) is 3.18. The molecule has 1 aliphatic heterocycles.